The number of phenolic OH excluding ortho intramolecular Hbond substituents is 1. The van der Waals surface area contributed by atoms with E-state index >= 15 is 0 Å². The van der Waals surface area contributed by atoms with E-state index in [1.165, 1.54) is 6.07 Å². The molecule has 0 bridgehead atoms. The fourth-order valence-electron chi connectivity index (χ4n) is 2.45. The van der Waals surface area contributed by atoms with Crippen LogP contribution in [0.2, 0.25) is 0 Å². The molecule has 0 aliphatic carbocycles. The minimum absolute atomic E-state index is 0.0731. The van der Waals surface area contributed by atoms with Crippen molar-refractivity contribution in [3.05, 3.63) is 76.9 Å². The number of carbonyl (C=O) groups is 2. The molecule has 0 saturated heterocycles. The highest BCUT2D eigenvalue weighted by Gasteiger charge is 2.36. The van der Waals surface area contributed by atoms with Gasteiger partial charge in [-0.2, -0.15) is 0 Å². The van der Waals surface area contributed by atoms with Crippen LogP contribution in [0.25, 0.3) is 0 Å². The lowest BCUT2D eigenvalue weighted by atomic mass is 10.1. The number of fused-ring (bicyclic) bond motifs is 1. The van der Waals surface area contributed by atoms with Gasteiger partial charge < -0.3 is 5.11 Å². The van der Waals surface area contributed by atoms with Gasteiger partial charge in [-0.3, -0.25) is 14.5 Å². The van der Waals surface area contributed by atoms with Gasteiger partial charge in [0, 0.05) is 12.1 Å². The first-order valence-corrected chi connectivity index (χ1v) is 7.50. The highest BCUT2D eigenvalue weighted by molar-refractivity contribution is 6.22. The average Bonchev–Trinajstić information content (AvgIpc) is 2.84. The van der Waals surface area contributed by atoms with E-state index in [9.17, 15) is 14.7 Å². The first-order valence-electron chi connectivity index (χ1n) is 7.50. The highest BCUT2D eigenvalue weighted by atomic mass is 16.3. The number of allylic oxidation sites excluding steroid dienone is 1. The molecule has 1 aliphatic rings. The number of amides is 2. The maximum atomic E-state index is 12.3. The monoisotopic (exact) mass is 317 g/mol. The van der Waals surface area contributed by atoms with Crippen LogP contribution in [0.3, 0.4) is 0 Å². The van der Waals surface area contributed by atoms with Crippen molar-refractivity contribution in [2.24, 2.45) is 0 Å². The number of nitrogens with zero attached hydrogens (tertiary/aromatic N) is 1. The van der Waals surface area contributed by atoms with Crippen LogP contribution < -0.4 is 0 Å². The number of rotatable bonds is 2. The second kappa shape index (κ2) is 6.43. The quantitative estimate of drug-likeness (QED) is 0.684. The summed E-state index contributed by atoms with van der Waals surface area (Å²) < 4.78 is 0. The molecule has 1 heterocycles. The Kier molecular flexibility index (Phi) is 4.17. The summed E-state index contributed by atoms with van der Waals surface area (Å²) in [5, 5.41) is 9.79. The smallest absolute Gasteiger partial charge is 0.265 e. The Bertz CT molecular complexity index is 901. The van der Waals surface area contributed by atoms with Crippen molar-refractivity contribution < 1.29 is 14.7 Å². The SMILES string of the molecule is CC(C#Cc1ccccc1)=CCN1C(=O)c2cccc(O)c2C1=O. The largest absolute Gasteiger partial charge is 0.507 e. The fourth-order valence-corrected chi connectivity index (χ4v) is 2.45. The van der Waals surface area contributed by atoms with Crippen LogP contribution in [0.4, 0.5) is 0 Å². The Morgan fingerprint density at radius 3 is 2.54 bits per heavy atom. The van der Waals surface area contributed by atoms with Gasteiger partial charge >= 0.3 is 0 Å². The predicted molar refractivity (Wildman–Crippen MR) is 90.6 cm³/mol. The average molecular weight is 317 g/mol. The molecule has 118 valence electrons. The minimum Gasteiger partial charge on any atom is -0.507 e. The van der Waals surface area contributed by atoms with E-state index in [0.717, 1.165) is 16.0 Å². The number of imide groups is 1. The van der Waals surface area contributed by atoms with E-state index in [4.69, 9.17) is 0 Å². The number of benzene rings is 2. The molecule has 1 N–H and O–H groups in total. The second-order valence-electron chi connectivity index (χ2n) is 5.42. The van der Waals surface area contributed by atoms with Gasteiger partial charge in [0.25, 0.3) is 11.8 Å². The van der Waals surface area contributed by atoms with E-state index in [-0.39, 0.29) is 23.4 Å². The maximum absolute atomic E-state index is 12.3. The van der Waals surface area contributed by atoms with E-state index in [1.807, 2.05) is 37.3 Å². The summed E-state index contributed by atoms with van der Waals surface area (Å²) >= 11 is 0. The van der Waals surface area contributed by atoms with Crippen LogP contribution in [-0.2, 0) is 0 Å². The summed E-state index contributed by atoms with van der Waals surface area (Å²) in [6.07, 6.45) is 1.73. The third-order valence-corrected chi connectivity index (χ3v) is 3.73. The molecule has 2 amide bonds. The summed E-state index contributed by atoms with van der Waals surface area (Å²) in [5.41, 5.74) is 1.97. The number of carbonyl (C=O) groups excluding carboxylic acids is 2. The van der Waals surface area contributed by atoms with Crippen LogP contribution in [-0.4, -0.2) is 28.4 Å². The second-order valence-corrected chi connectivity index (χ2v) is 5.42. The van der Waals surface area contributed by atoms with Crippen molar-refractivity contribution in [3.8, 4) is 17.6 Å². The van der Waals surface area contributed by atoms with Gasteiger partial charge in [-0.15, -0.1) is 0 Å². The van der Waals surface area contributed by atoms with Crippen molar-refractivity contribution in [2.75, 3.05) is 6.54 Å². The molecule has 0 saturated carbocycles. The molecule has 3 rings (SSSR count). The Morgan fingerprint density at radius 2 is 1.83 bits per heavy atom. The lowest BCUT2D eigenvalue weighted by molar-refractivity contribution is 0.0671. The Balaban J connectivity index is 1.76. The first kappa shape index (κ1) is 15.6. The van der Waals surface area contributed by atoms with Crippen LogP contribution in [0.1, 0.15) is 33.2 Å². The van der Waals surface area contributed by atoms with Crippen molar-refractivity contribution in [1.29, 1.82) is 0 Å². The summed E-state index contributed by atoms with van der Waals surface area (Å²) in [7, 11) is 0. The molecule has 0 atom stereocenters. The van der Waals surface area contributed by atoms with E-state index in [2.05, 4.69) is 11.8 Å². The number of phenols is 1. The van der Waals surface area contributed by atoms with Crippen molar-refractivity contribution in [1.82, 2.24) is 4.90 Å². The van der Waals surface area contributed by atoms with Crippen LogP contribution in [0.5, 0.6) is 5.75 Å². The molecule has 2 aromatic rings. The van der Waals surface area contributed by atoms with Gasteiger partial charge in [0.2, 0.25) is 0 Å². The minimum atomic E-state index is -0.479. The lowest BCUT2D eigenvalue weighted by Gasteiger charge is -2.10. The summed E-state index contributed by atoms with van der Waals surface area (Å²) in [4.78, 5) is 25.7. The topological polar surface area (TPSA) is 57.6 Å². The highest BCUT2D eigenvalue weighted by Crippen LogP contribution is 2.29. The lowest BCUT2D eigenvalue weighted by Crippen LogP contribution is -2.29. The molecule has 0 spiro atoms. The summed E-state index contributed by atoms with van der Waals surface area (Å²) in [6.45, 7) is 1.95. The molecular formula is C20H15NO3. The molecule has 4 heteroatoms. The maximum Gasteiger partial charge on any atom is 0.265 e. The van der Waals surface area contributed by atoms with E-state index in [0.29, 0.717) is 0 Å². The molecular weight excluding hydrogens is 302 g/mol. The number of hydrogen-bond donors (Lipinski definition) is 1. The standard InChI is InChI=1S/C20H15NO3/c1-14(10-11-15-6-3-2-4-7-15)12-13-21-19(23)16-8-5-9-17(22)18(16)20(21)24/h2-9,12,22H,13H2,1H3. The molecule has 24 heavy (non-hydrogen) atoms. The Hall–Kier alpha value is -3.32. The molecule has 0 fully saturated rings. The molecule has 1 aliphatic heterocycles. The predicted octanol–water partition coefficient (Wildman–Crippen LogP) is 2.99. The summed E-state index contributed by atoms with van der Waals surface area (Å²) in [6, 6.07) is 14.1. The molecule has 0 aromatic heterocycles. The first-order chi connectivity index (χ1) is 11.6. The van der Waals surface area contributed by atoms with Crippen molar-refractivity contribution in [3.63, 3.8) is 0 Å². The third-order valence-electron chi connectivity index (χ3n) is 3.73. The Labute approximate surface area is 140 Å². The van der Waals surface area contributed by atoms with E-state index < -0.39 is 11.8 Å². The zero-order valence-electron chi connectivity index (χ0n) is 13.1. The zero-order valence-corrected chi connectivity index (χ0v) is 13.1. The van der Waals surface area contributed by atoms with Crippen molar-refractivity contribution >= 4 is 11.8 Å². The van der Waals surface area contributed by atoms with Gasteiger partial charge in [0.05, 0.1) is 11.1 Å². The van der Waals surface area contributed by atoms with Gasteiger partial charge in [-0.05, 0) is 36.8 Å². The normalized spacial score (nSPS) is 13.5. The number of aromatic hydroxyl groups is 1. The molecule has 4 nitrogen and oxygen atoms in total. The summed E-state index contributed by atoms with van der Waals surface area (Å²) in [5.74, 6) is 4.97. The van der Waals surface area contributed by atoms with Crippen molar-refractivity contribution in [2.45, 2.75) is 6.92 Å². The fraction of sp³-hybridized carbons (Fsp3) is 0.100. The Morgan fingerprint density at radius 1 is 1.08 bits per heavy atom. The van der Waals surface area contributed by atoms with Gasteiger partial charge in [-0.1, -0.05) is 42.2 Å². The number of hydrogen-bond acceptors (Lipinski definition) is 3. The van der Waals surface area contributed by atoms with Gasteiger partial charge in [-0.25, -0.2) is 0 Å². The molecule has 2 aromatic carbocycles. The zero-order chi connectivity index (χ0) is 17.1. The van der Waals surface area contributed by atoms with Gasteiger partial charge in [0.15, 0.2) is 0 Å². The van der Waals surface area contributed by atoms with Crippen LogP contribution in [0, 0.1) is 11.8 Å². The molecule has 0 radical (unpaired) electrons. The van der Waals surface area contributed by atoms with Gasteiger partial charge in [0.1, 0.15) is 5.75 Å². The van der Waals surface area contributed by atoms with Crippen LogP contribution >= 0.6 is 0 Å². The van der Waals surface area contributed by atoms with Crippen LogP contribution in [0.15, 0.2) is 60.2 Å². The third kappa shape index (κ3) is 2.92. The van der Waals surface area contributed by atoms with E-state index in [1.54, 1.807) is 18.2 Å². The molecule has 0 unspecified atom stereocenters.